The Kier molecular flexibility index (Phi) is 7.91. The minimum Gasteiger partial charge on any atom is -0.396 e. The molecule has 0 aliphatic heterocycles. The number of anilines is 1. The molecule has 0 saturated heterocycles. The highest BCUT2D eigenvalue weighted by molar-refractivity contribution is 6.34. The van der Waals surface area contributed by atoms with Gasteiger partial charge >= 0.3 is 0 Å². The molecule has 0 bridgehead atoms. The Balaban J connectivity index is 1.73. The Morgan fingerprint density at radius 1 is 1.09 bits per heavy atom. The maximum atomic E-state index is 13.5. The number of aliphatic hydroxyl groups is 1. The number of amides is 2. The van der Waals surface area contributed by atoms with Crippen molar-refractivity contribution in [2.45, 2.75) is 19.4 Å². The first-order chi connectivity index (χ1) is 15.4. The number of aliphatic hydroxyl groups excluding tert-OH is 1. The van der Waals surface area contributed by atoms with Gasteiger partial charge in [-0.25, -0.2) is 8.78 Å². The molecule has 10 heteroatoms. The number of H-pyrrole nitrogens is 1. The van der Waals surface area contributed by atoms with Crippen molar-refractivity contribution in [1.82, 2.24) is 15.1 Å². The molecule has 3 aromatic rings. The fourth-order valence-corrected chi connectivity index (χ4v) is 3.25. The number of halogens is 3. The van der Waals surface area contributed by atoms with E-state index >= 15 is 0 Å². The third-order valence-corrected chi connectivity index (χ3v) is 4.95. The van der Waals surface area contributed by atoms with Crippen molar-refractivity contribution in [3.05, 3.63) is 82.0 Å². The van der Waals surface area contributed by atoms with E-state index in [-0.39, 0.29) is 34.6 Å². The summed E-state index contributed by atoms with van der Waals surface area (Å²) in [5.74, 6) is -3.44. The Labute approximate surface area is 188 Å². The van der Waals surface area contributed by atoms with E-state index in [1.807, 2.05) is 30.3 Å². The van der Waals surface area contributed by atoms with Gasteiger partial charge in [-0.2, -0.15) is 5.10 Å². The molecule has 3 N–H and O–H groups in total. The molecule has 0 aliphatic carbocycles. The molecular formula is C22H21ClF2N4O3. The summed E-state index contributed by atoms with van der Waals surface area (Å²) in [7, 11) is 0. The Morgan fingerprint density at radius 3 is 2.53 bits per heavy atom. The maximum Gasteiger partial charge on any atom is 0.274 e. The van der Waals surface area contributed by atoms with Crippen LogP contribution in [0, 0.1) is 11.6 Å². The monoisotopic (exact) mass is 462 g/mol. The number of nitrogens with one attached hydrogen (secondary N) is 2. The highest BCUT2D eigenvalue weighted by atomic mass is 35.5. The first kappa shape index (κ1) is 23.4. The van der Waals surface area contributed by atoms with Crippen molar-refractivity contribution in [2.75, 3.05) is 18.5 Å². The highest BCUT2D eigenvalue weighted by Gasteiger charge is 2.21. The maximum absolute atomic E-state index is 13.5. The lowest BCUT2D eigenvalue weighted by Gasteiger charge is -2.21. The number of aromatic nitrogens is 2. The van der Waals surface area contributed by atoms with Gasteiger partial charge in [0, 0.05) is 25.8 Å². The fourth-order valence-electron chi connectivity index (χ4n) is 3.01. The molecule has 2 aromatic carbocycles. The van der Waals surface area contributed by atoms with Crippen LogP contribution in [-0.4, -0.2) is 45.2 Å². The van der Waals surface area contributed by atoms with Crippen molar-refractivity contribution >= 4 is 29.2 Å². The van der Waals surface area contributed by atoms with Gasteiger partial charge in [-0.15, -0.1) is 0 Å². The van der Waals surface area contributed by atoms with Gasteiger partial charge in [0.25, 0.3) is 11.8 Å². The average Bonchev–Trinajstić information content (AvgIpc) is 3.24. The van der Waals surface area contributed by atoms with Crippen molar-refractivity contribution < 1.29 is 23.5 Å². The highest BCUT2D eigenvalue weighted by Crippen LogP contribution is 2.21. The molecule has 168 valence electrons. The number of hydrogen-bond donors (Lipinski definition) is 3. The Morgan fingerprint density at radius 2 is 1.81 bits per heavy atom. The number of nitrogens with zero attached hydrogens (tertiary/aromatic N) is 2. The number of carbonyl (C=O) groups is 2. The van der Waals surface area contributed by atoms with Gasteiger partial charge in [-0.3, -0.25) is 14.7 Å². The number of hydrogen-bond acceptors (Lipinski definition) is 4. The van der Waals surface area contributed by atoms with Crippen LogP contribution in [0.15, 0.2) is 48.5 Å². The summed E-state index contributed by atoms with van der Waals surface area (Å²) in [6.45, 7) is 0.788. The van der Waals surface area contributed by atoms with E-state index in [1.54, 1.807) is 4.90 Å². The molecule has 0 aliphatic rings. The van der Waals surface area contributed by atoms with Crippen LogP contribution < -0.4 is 5.32 Å². The molecule has 1 aromatic heterocycles. The lowest BCUT2D eigenvalue weighted by Crippen LogP contribution is -2.32. The van der Waals surface area contributed by atoms with Crippen LogP contribution in [0.2, 0.25) is 5.02 Å². The number of carbonyl (C=O) groups excluding carboxylic acids is 2. The lowest BCUT2D eigenvalue weighted by molar-refractivity contribution is 0.0731. The van der Waals surface area contributed by atoms with E-state index in [9.17, 15) is 18.4 Å². The second kappa shape index (κ2) is 10.8. The predicted molar refractivity (Wildman–Crippen MR) is 115 cm³/mol. The van der Waals surface area contributed by atoms with Gasteiger partial charge < -0.3 is 15.3 Å². The van der Waals surface area contributed by atoms with Crippen molar-refractivity contribution in [1.29, 1.82) is 0 Å². The van der Waals surface area contributed by atoms with E-state index in [4.69, 9.17) is 16.7 Å². The van der Waals surface area contributed by atoms with E-state index in [1.165, 1.54) is 6.07 Å². The first-order valence-electron chi connectivity index (χ1n) is 9.84. The summed E-state index contributed by atoms with van der Waals surface area (Å²) in [6, 6.07) is 12.2. The standard InChI is InChI=1S/C22H21ClF2N4O3/c23-16-11-18(25)17(24)10-15(16)21(31)26-20-12-19(27-28-20)22(32)29(8-4-5-9-30)13-14-6-2-1-3-7-14/h1-3,6-7,10-12,30H,4-5,8-9,13H2,(H2,26,27,28,31). The molecule has 0 unspecified atom stereocenters. The smallest absolute Gasteiger partial charge is 0.274 e. The van der Waals surface area contributed by atoms with Crippen LogP contribution in [0.3, 0.4) is 0 Å². The van der Waals surface area contributed by atoms with Gasteiger partial charge in [0.2, 0.25) is 0 Å². The minimum absolute atomic E-state index is 0.0263. The Hall–Kier alpha value is -3.30. The van der Waals surface area contributed by atoms with Crippen LogP contribution in [0.4, 0.5) is 14.6 Å². The van der Waals surface area contributed by atoms with E-state index in [2.05, 4.69) is 15.5 Å². The second-order valence-electron chi connectivity index (χ2n) is 7.01. The summed E-state index contributed by atoms with van der Waals surface area (Å²) in [5.41, 5.74) is 0.737. The number of benzene rings is 2. The topological polar surface area (TPSA) is 98.3 Å². The molecule has 32 heavy (non-hydrogen) atoms. The summed E-state index contributed by atoms with van der Waals surface area (Å²) < 4.78 is 26.7. The van der Waals surface area contributed by atoms with Crippen LogP contribution >= 0.6 is 11.6 Å². The van der Waals surface area contributed by atoms with E-state index in [0.29, 0.717) is 38.1 Å². The number of rotatable bonds is 9. The molecule has 0 fully saturated rings. The van der Waals surface area contributed by atoms with Crippen LogP contribution in [-0.2, 0) is 6.54 Å². The van der Waals surface area contributed by atoms with Gasteiger partial charge in [0.1, 0.15) is 5.82 Å². The van der Waals surface area contributed by atoms with E-state index < -0.39 is 17.5 Å². The van der Waals surface area contributed by atoms with Gasteiger partial charge in [0.15, 0.2) is 17.3 Å². The van der Waals surface area contributed by atoms with Crippen molar-refractivity contribution in [3.63, 3.8) is 0 Å². The molecular weight excluding hydrogens is 442 g/mol. The van der Waals surface area contributed by atoms with Crippen LogP contribution in [0.5, 0.6) is 0 Å². The zero-order valence-electron chi connectivity index (χ0n) is 16.9. The first-order valence-corrected chi connectivity index (χ1v) is 10.2. The third kappa shape index (κ3) is 5.89. The van der Waals surface area contributed by atoms with Crippen LogP contribution in [0.25, 0.3) is 0 Å². The van der Waals surface area contributed by atoms with Crippen molar-refractivity contribution in [2.24, 2.45) is 0 Å². The summed E-state index contributed by atoms with van der Waals surface area (Å²) in [4.78, 5) is 27.0. The zero-order valence-corrected chi connectivity index (χ0v) is 17.7. The SMILES string of the molecule is O=C(Nc1cc(C(=O)N(CCCCO)Cc2ccccc2)n[nH]1)c1cc(F)c(F)cc1Cl. The molecule has 1 heterocycles. The van der Waals surface area contributed by atoms with Gasteiger partial charge in [-0.1, -0.05) is 41.9 Å². The summed E-state index contributed by atoms with van der Waals surface area (Å²) in [5, 5.41) is 17.7. The van der Waals surface area contributed by atoms with Gasteiger partial charge in [-0.05, 0) is 30.5 Å². The number of unbranched alkanes of at least 4 members (excludes halogenated alkanes) is 1. The number of aromatic amines is 1. The van der Waals surface area contributed by atoms with Gasteiger partial charge in [0.05, 0.1) is 10.6 Å². The molecule has 2 amide bonds. The third-order valence-electron chi connectivity index (χ3n) is 4.64. The summed E-state index contributed by atoms with van der Waals surface area (Å²) >= 11 is 5.83. The minimum atomic E-state index is -1.21. The molecule has 0 saturated carbocycles. The van der Waals surface area contributed by atoms with Crippen LogP contribution in [0.1, 0.15) is 39.3 Å². The zero-order chi connectivity index (χ0) is 23.1. The van der Waals surface area contributed by atoms with E-state index in [0.717, 1.165) is 5.56 Å². The summed E-state index contributed by atoms with van der Waals surface area (Å²) in [6.07, 6.45) is 1.16. The average molecular weight is 463 g/mol. The van der Waals surface area contributed by atoms with Crippen molar-refractivity contribution in [3.8, 4) is 0 Å². The molecule has 7 nitrogen and oxygen atoms in total. The molecule has 0 spiro atoms. The molecule has 3 rings (SSSR count). The molecule has 0 radical (unpaired) electrons. The predicted octanol–water partition coefficient (Wildman–Crippen LogP) is 4.01. The normalized spacial score (nSPS) is 10.8. The largest absolute Gasteiger partial charge is 0.396 e. The quantitative estimate of drug-likeness (QED) is 0.330. The Bertz CT molecular complexity index is 1090. The lowest BCUT2D eigenvalue weighted by atomic mass is 10.2. The molecule has 0 atom stereocenters. The fraction of sp³-hybridized carbons (Fsp3) is 0.227. The second-order valence-corrected chi connectivity index (χ2v) is 7.42.